The Kier molecular flexibility index (Phi) is 4.48. The van der Waals surface area contributed by atoms with Crippen LogP contribution in [0.1, 0.15) is 13.8 Å². The normalized spacial score (nSPS) is 10.9. The van der Waals surface area contributed by atoms with Crippen LogP contribution in [0.15, 0.2) is 11.0 Å². The van der Waals surface area contributed by atoms with Gasteiger partial charge in [-0.1, -0.05) is 6.92 Å². The summed E-state index contributed by atoms with van der Waals surface area (Å²) in [6.45, 7) is 4.01. The van der Waals surface area contributed by atoms with Gasteiger partial charge in [0.25, 0.3) is 0 Å². The van der Waals surface area contributed by atoms with Crippen LogP contribution in [0.3, 0.4) is 0 Å². The molecule has 0 aliphatic heterocycles. The lowest BCUT2D eigenvalue weighted by Gasteiger charge is -1.89. The second-order valence-corrected chi connectivity index (χ2v) is 2.83. The lowest BCUT2D eigenvalue weighted by Crippen LogP contribution is -1.66. The van der Waals surface area contributed by atoms with E-state index in [0.29, 0.717) is 0 Å². The molecule has 0 atom stereocenters. The fourth-order valence-corrected chi connectivity index (χ4v) is 0.952. The van der Waals surface area contributed by atoms with Crippen molar-refractivity contribution >= 4 is 11.8 Å². The van der Waals surface area contributed by atoms with Crippen LogP contribution in [0.4, 0.5) is 0 Å². The number of allylic oxidation sites excluding steroid dienone is 2. The molecule has 0 saturated heterocycles. The van der Waals surface area contributed by atoms with Gasteiger partial charge in [0.15, 0.2) is 0 Å². The molecule has 1 nitrogen and oxygen atoms in total. The summed E-state index contributed by atoms with van der Waals surface area (Å²) in [5.41, 5.74) is 0. The highest BCUT2D eigenvalue weighted by Crippen LogP contribution is 2.11. The molecule has 0 aromatic heterocycles. The maximum absolute atomic E-state index is 8.12. The average Bonchev–Trinajstić information content (AvgIpc) is 1.68. The molecular weight excluding hydrogens is 118 g/mol. The summed E-state index contributed by atoms with van der Waals surface area (Å²) in [7, 11) is 0. The smallest absolute Gasteiger partial charge is 0.0920 e. The standard InChI is InChI=1S/C6H9NS/c1-3-8-6(2)4-5-7/h4H,3H2,1-2H3/b6-4-. The molecule has 0 unspecified atom stereocenters. The quantitative estimate of drug-likeness (QED) is 0.531. The molecule has 0 fully saturated rings. The lowest BCUT2D eigenvalue weighted by molar-refractivity contribution is 1.50. The number of rotatable bonds is 2. The van der Waals surface area contributed by atoms with Crippen molar-refractivity contribution in [2.75, 3.05) is 5.75 Å². The molecule has 0 aliphatic rings. The third-order valence-corrected chi connectivity index (χ3v) is 1.50. The monoisotopic (exact) mass is 127 g/mol. The molecule has 0 radical (unpaired) electrons. The highest BCUT2D eigenvalue weighted by atomic mass is 32.2. The summed E-state index contributed by atoms with van der Waals surface area (Å²) < 4.78 is 0. The van der Waals surface area contributed by atoms with Crippen LogP contribution in [0.25, 0.3) is 0 Å². The van der Waals surface area contributed by atoms with Gasteiger partial charge in [-0.25, -0.2) is 0 Å². The van der Waals surface area contributed by atoms with E-state index in [1.54, 1.807) is 17.8 Å². The first-order valence-electron chi connectivity index (χ1n) is 2.50. The van der Waals surface area contributed by atoms with E-state index in [1.807, 2.05) is 13.0 Å². The summed E-state index contributed by atoms with van der Waals surface area (Å²) in [6.07, 6.45) is 1.56. The summed E-state index contributed by atoms with van der Waals surface area (Å²) in [5.74, 6) is 1.05. The number of hydrogen-bond donors (Lipinski definition) is 0. The van der Waals surface area contributed by atoms with Crippen molar-refractivity contribution in [3.63, 3.8) is 0 Å². The van der Waals surface area contributed by atoms with Gasteiger partial charge in [-0.15, -0.1) is 11.8 Å². The van der Waals surface area contributed by atoms with Crippen molar-refractivity contribution in [2.24, 2.45) is 0 Å². The highest BCUT2D eigenvalue weighted by Gasteiger charge is 1.82. The van der Waals surface area contributed by atoms with Crippen molar-refractivity contribution in [1.82, 2.24) is 0 Å². The molecule has 0 N–H and O–H groups in total. The van der Waals surface area contributed by atoms with Gasteiger partial charge >= 0.3 is 0 Å². The number of nitriles is 1. The summed E-state index contributed by atoms with van der Waals surface area (Å²) >= 11 is 1.69. The third kappa shape index (κ3) is 3.76. The lowest BCUT2D eigenvalue weighted by atomic mass is 10.6. The Labute approximate surface area is 54.4 Å². The van der Waals surface area contributed by atoms with Crippen LogP contribution in [-0.2, 0) is 0 Å². The molecule has 0 bridgehead atoms. The number of nitrogens with zero attached hydrogens (tertiary/aromatic N) is 1. The minimum Gasteiger partial charge on any atom is -0.193 e. The molecule has 44 valence electrons. The van der Waals surface area contributed by atoms with Crippen LogP contribution in [0.2, 0.25) is 0 Å². The summed E-state index contributed by atoms with van der Waals surface area (Å²) in [4.78, 5) is 1.09. The Bertz CT molecular complexity index is 121. The van der Waals surface area contributed by atoms with Gasteiger partial charge < -0.3 is 0 Å². The molecule has 0 amide bonds. The molecule has 8 heavy (non-hydrogen) atoms. The summed E-state index contributed by atoms with van der Waals surface area (Å²) in [6, 6.07) is 1.97. The molecule has 0 heterocycles. The van der Waals surface area contributed by atoms with Crippen LogP contribution < -0.4 is 0 Å². The minimum atomic E-state index is 1.05. The fourth-order valence-electron chi connectivity index (χ4n) is 0.360. The first-order valence-corrected chi connectivity index (χ1v) is 3.49. The Balaban J connectivity index is 3.49. The SMILES string of the molecule is CCS/C(C)=C\C#N. The van der Waals surface area contributed by atoms with Crippen LogP contribution >= 0.6 is 11.8 Å². The van der Waals surface area contributed by atoms with E-state index in [9.17, 15) is 0 Å². The van der Waals surface area contributed by atoms with Crippen molar-refractivity contribution in [2.45, 2.75) is 13.8 Å². The van der Waals surface area contributed by atoms with Gasteiger partial charge in [0.05, 0.1) is 6.07 Å². The van der Waals surface area contributed by atoms with Gasteiger partial charge in [-0.2, -0.15) is 5.26 Å². The number of thioether (sulfide) groups is 1. The van der Waals surface area contributed by atoms with E-state index >= 15 is 0 Å². The van der Waals surface area contributed by atoms with Crippen molar-refractivity contribution in [3.8, 4) is 6.07 Å². The van der Waals surface area contributed by atoms with Crippen molar-refractivity contribution in [3.05, 3.63) is 11.0 Å². The number of hydrogen-bond acceptors (Lipinski definition) is 2. The van der Waals surface area contributed by atoms with Gasteiger partial charge in [-0.3, -0.25) is 0 Å². The van der Waals surface area contributed by atoms with Gasteiger partial charge in [0.1, 0.15) is 0 Å². The summed E-state index contributed by atoms with van der Waals surface area (Å²) in [5, 5.41) is 8.12. The third-order valence-electron chi connectivity index (χ3n) is 0.640. The van der Waals surface area contributed by atoms with Gasteiger partial charge in [0, 0.05) is 6.08 Å². The Hall–Kier alpha value is -0.420. The fraction of sp³-hybridized carbons (Fsp3) is 0.500. The second kappa shape index (κ2) is 4.73. The van der Waals surface area contributed by atoms with E-state index in [-0.39, 0.29) is 0 Å². The predicted octanol–water partition coefficient (Wildman–Crippen LogP) is 2.17. The molecule has 0 rings (SSSR count). The molecule has 0 aromatic rings. The van der Waals surface area contributed by atoms with Gasteiger partial charge in [-0.05, 0) is 17.6 Å². The topological polar surface area (TPSA) is 23.8 Å². The van der Waals surface area contributed by atoms with E-state index < -0.39 is 0 Å². The maximum atomic E-state index is 8.12. The zero-order chi connectivity index (χ0) is 6.41. The molecular formula is C6H9NS. The molecule has 2 heteroatoms. The first-order chi connectivity index (χ1) is 3.81. The second-order valence-electron chi connectivity index (χ2n) is 1.32. The van der Waals surface area contributed by atoms with E-state index in [0.717, 1.165) is 10.7 Å². The van der Waals surface area contributed by atoms with Crippen LogP contribution in [0.5, 0.6) is 0 Å². The van der Waals surface area contributed by atoms with Crippen molar-refractivity contribution in [1.29, 1.82) is 5.26 Å². The van der Waals surface area contributed by atoms with Crippen LogP contribution in [-0.4, -0.2) is 5.75 Å². The van der Waals surface area contributed by atoms with Gasteiger partial charge in [0.2, 0.25) is 0 Å². The minimum absolute atomic E-state index is 1.05. The molecule has 0 saturated carbocycles. The Morgan fingerprint density at radius 2 is 2.50 bits per heavy atom. The Morgan fingerprint density at radius 3 is 2.88 bits per heavy atom. The molecule has 0 aromatic carbocycles. The highest BCUT2D eigenvalue weighted by molar-refractivity contribution is 8.03. The zero-order valence-electron chi connectivity index (χ0n) is 5.14. The molecule has 0 aliphatic carbocycles. The average molecular weight is 127 g/mol. The Morgan fingerprint density at radius 1 is 1.88 bits per heavy atom. The van der Waals surface area contributed by atoms with E-state index in [4.69, 9.17) is 5.26 Å². The maximum Gasteiger partial charge on any atom is 0.0920 e. The predicted molar refractivity (Wildman–Crippen MR) is 37.5 cm³/mol. The van der Waals surface area contributed by atoms with Crippen LogP contribution in [0, 0.1) is 11.3 Å². The van der Waals surface area contributed by atoms with E-state index in [1.165, 1.54) is 0 Å². The van der Waals surface area contributed by atoms with E-state index in [2.05, 4.69) is 6.92 Å². The molecule has 0 spiro atoms. The first kappa shape index (κ1) is 7.58. The largest absolute Gasteiger partial charge is 0.193 e. The zero-order valence-corrected chi connectivity index (χ0v) is 5.96. The van der Waals surface area contributed by atoms with Crippen molar-refractivity contribution < 1.29 is 0 Å².